The zero-order chi connectivity index (χ0) is 16.4. The molecule has 122 valence electrons. The quantitative estimate of drug-likeness (QED) is 0.857. The van der Waals surface area contributed by atoms with Gasteiger partial charge in [0.05, 0.1) is 7.11 Å². The Bertz CT molecular complexity index is 655. The Kier molecular flexibility index (Phi) is 4.11. The molecule has 1 fully saturated rings. The maximum atomic E-state index is 12.9. The SMILES string of the molecule is COc1ccccc1CCN1C=CN2C(=O)CCCC2(C)C1=O. The van der Waals surface area contributed by atoms with Crippen LogP contribution in [-0.4, -0.2) is 40.8 Å². The molecule has 5 heteroatoms. The maximum Gasteiger partial charge on any atom is 0.252 e. The van der Waals surface area contributed by atoms with Crippen molar-refractivity contribution in [3.8, 4) is 5.75 Å². The Balaban J connectivity index is 1.75. The fourth-order valence-corrected chi connectivity index (χ4v) is 3.41. The normalized spacial score (nSPS) is 23.9. The summed E-state index contributed by atoms with van der Waals surface area (Å²) in [5.74, 6) is 0.872. The summed E-state index contributed by atoms with van der Waals surface area (Å²) < 4.78 is 5.36. The highest BCUT2D eigenvalue weighted by Gasteiger charge is 2.47. The number of carbonyl (C=O) groups is 2. The molecule has 2 amide bonds. The third kappa shape index (κ3) is 2.71. The van der Waals surface area contributed by atoms with E-state index in [0.717, 1.165) is 17.7 Å². The summed E-state index contributed by atoms with van der Waals surface area (Å²) in [6.45, 7) is 2.44. The van der Waals surface area contributed by atoms with Gasteiger partial charge in [0.25, 0.3) is 5.91 Å². The van der Waals surface area contributed by atoms with Crippen LogP contribution in [0.25, 0.3) is 0 Å². The molecule has 0 N–H and O–H groups in total. The lowest BCUT2D eigenvalue weighted by molar-refractivity contribution is -0.154. The van der Waals surface area contributed by atoms with Crippen LogP contribution in [-0.2, 0) is 16.0 Å². The number of benzene rings is 1. The van der Waals surface area contributed by atoms with E-state index in [4.69, 9.17) is 4.74 Å². The average Bonchev–Trinajstić information content (AvgIpc) is 2.56. The highest BCUT2D eigenvalue weighted by atomic mass is 16.5. The molecule has 2 aliphatic rings. The van der Waals surface area contributed by atoms with E-state index >= 15 is 0 Å². The summed E-state index contributed by atoms with van der Waals surface area (Å²) in [6, 6.07) is 7.83. The van der Waals surface area contributed by atoms with Gasteiger partial charge >= 0.3 is 0 Å². The molecule has 2 aliphatic heterocycles. The molecule has 0 aliphatic carbocycles. The number of para-hydroxylation sites is 1. The van der Waals surface area contributed by atoms with Crippen molar-refractivity contribution in [1.82, 2.24) is 9.80 Å². The molecular formula is C18H22N2O3. The molecule has 2 heterocycles. The van der Waals surface area contributed by atoms with Crippen LogP contribution < -0.4 is 4.74 Å². The lowest BCUT2D eigenvalue weighted by Gasteiger charge is -2.46. The predicted octanol–water partition coefficient (Wildman–Crippen LogP) is 2.32. The van der Waals surface area contributed by atoms with E-state index in [1.165, 1.54) is 0 Å². The Hall–Kier alpha value is -2.30. The molecule has 1 unspecified atom stereocenters. The van der Waals surface area contributed by atoms with Crippen molar-refractivity contribution < 1.29 is 14.3 Å². The van der Waals surface area contributed by atoms with E-state index in [1.54, 1.807) is 29.3 Å². The van der Waals surface area contributed by atoms with E-state index < -0.39 is 5.54 Å². The number of rotatable bonds is 4. The number of hydrogen-bond acceptors (Lipinski definition) is 3. The molecule has 0 spiro atoms. The van der Waals surface area contributed by atoms with Crippen LogP contribution in [0.5, 0.6) is 5.75 Å². The highest BCUT2D eigenvalue weighted by Crippen LogP contribution is 2.34. The van der Waals surface area contributed by atoms with E-state index in [2.05, 4.69) is 0 Å². The standard InChI is InChI=1S/C18H22N2O3/c1-18-10-5-8-16(21)20(18)13-12-19(17(18)22)11-9-14-6-3-4-7-15(14)23-2/h3-4,6-7,12-13H,5,8-11H2,1-2H3. The van der Waals surface area contributed by atoms with Gasteiger partial charge in [0, 0.05) is 25.4 Å². The number of amides is 2. The van der Waals surface area contributed by atoms with Gasteiger partial charge in [0.1, 0.15) is 11.3 Å². The molecule has 3 rings (SSSR count). The minimum absolute atomic E-state index is 0.00273. The summed E-state index contributed by atoms with van der Waals surface area (Å²) in [6.07, 6.45) is 6.20. The number of ether oxygens (including phenoxy) is 1. The minimum atomic E-state index is -0.731. The molecule has 0 aromatic heterocycles. The first-order valence-electron chi connectivity index (χ1n) is 8.00. The second kappa shape index (κ2) is 6.07. The van der Waals surface area contributed by atoms with Gasteiger partial charge in [-0.15, -0.1) is 0 Å². The largest absolute Gasteiger partial charge is 0.496 e. The van der Waals surface area contributed by atoms with E-state index in [1.807, 2.05) is 31.2 Å². The first kappa shape index (κ1) is 15.6. The third-order valence-corrected chi connectivity index (χ3v) is 4.79. The van der Waals surface area contributed by atoms with Crippen LogP contribution in [0.2, 0.25) is 0 Å². The smallest absolute Gasteiger partial charge is 0.252 e. The van der Waals surface area contributed by atoms with Gasteiger partial charge < -0.3 is 14.5 Å². The second-order valence-corrected chi connectivity index (χ2v) is 6.25. The zero-order valence-electron chi connectivity index (χ0n) is 13.6. The van der Waals surface area contributed by atoms with Crippen LogP contribution in [0.3, 0.4) is 0 Å². The average molecular weight is 314 g/mol. The number of methoxy groups -OCH3 is 1. The van der Waals surface area contributed by atoms with Gasteiger partial charge in [-0.1, -0.05) is 18.2 Å². The van der Waals surface area contributed by atoms with Crippen molar-refractivity contribution in [2.75, 3.05) is 13.7 Å². The molecule has 1 atom stereocenters. The summed E-state index contributed by atoms with van der Waals surface area (Å²) in [5, 5.41) is 0. The number of piperidine rings is 1. The van der Waals surface area contributed by atoms with E-state index in [9.17, 15) is 9.59 Å². The highest BCUT2D eigenvalue weighted by molar-refractivity contribution is 5.94. The lowest BCUT2D eigenvalue weighted by atomic mass is 9.86. The Labute approximate surface area is 136 Å². The fraction of sp³-hybridized carbons (Fsp3) is 0.444. The summed E-state index contributed by atoms with van der Waals surface area (Å²) in [4.78, 5) is 28.2. The Morgan fingerprint density at radius 1 is 1.22 bits per heavy atom. The summed E-state index contributed by atoms with van der Waals surface area (Å²) >= 11 is 0. The lowest BCUT2D eigenvalue weighted by Crippen LogP contribution is -2.61. The molecule has 1 saturated heterocycles. The second-order valence-electron chi connectivity index (χ2n) is 6.25. The fourth-order valence-electron chi connectivity index (χ4n) is 3.41. The first-order chi connectivity index (χ1) is 11.1. The number of hydrogen-bond donors (Lipinski definition) is 0. The molecule has 1 aromatic rings. The van der Waals surface area contributed by atoms with Crippen LogP contribution in [0.15, 0.2) is 36.7 Å². The van der Waals surface area contributed by atoms with E-state index in [-0.39, 0.29) is 11.8 Å². The summed E-state index contributed by atoms with van der Waals surface area (Å²) in [7, 11) is 1.65. The Morgan fingerprint density at radius 2 is 2.00 bits per heavy atom. The molecule has 0 bridgehead atoms. The molecule has 0 radical (unpaired) electrons. The van der Waals surface area contributed by atoms with Crippen molar-refractivity contribution in [1.29, 1.82) is 0 Å². The monoisotopic (exact) mass is 314 g/mol. The number of carbonyl (C=O) groups excluding carboxylic acids is 2. The molecular weight excluding hydrogens is 292 g/mol. The Morgan fingerprint density at radius 3 is 2.78 bits per heavy atom. The van der Waals surface area contributed by atoms with Gasteiger partial charge in [-0.2, -0.15) is 0 Å². The first-order valence-corrected chi connectivity index (χ1v) is 8.00. The van der Waals surface area contributed by atoms with Crippen LogP contribution >= 0.6 is 0 Å². The van der Waals surface area contributed by atoms with Crippen molar-refractivity contribution >= 4 is 11.8 Å². The summed E-state index contributed by atoms with van der Waals surface area (Å²) in [5.41, 5.74) is 0.341. The van der Waals surface area contributed by atoms with Gasteiger partial charge in [-0.3, -0.25) is 9.59 Å². The van der Waals surface area contributed by atoms with Gasteiger partial charge in [0.15, 0.2) is 0 Å². The maximum absolute atomic E-state index is 12.9. The topological polar surface area (TPSA) is 49.9 Å². The number of nitrogens with zero attached hydrogens (tertiary/aromatic N) is 2. The van der Waals surface area contributed by atoms with Crippen LogP contribution in [0.1, 0.15) is 31.7 Å². The minimum Gasteiger partial charge on any atom is -0.496 e. The molecule has 1 aromatic carbocycles. The van der Waals surface area contributed by atoms with Crippen molar-refractivity contribution in [3.63, 3.8) is 0 Å². The molecule has 5 nitrogen and oxygen atoms in total. The van der Waals surface area contributed by atoms with Crippen molar-refractivity contribution in [2.45, 2.75) is 38.1 Å². The van der Waals surface area contributed by atoms with Crippen molar-refractivity contribution in [3.05, 3.63) is 42.2 Å². The third-order valence-electron chi connectivity index (χ3n) is 4.79. The van der Waals surface area contributed by atoms with Gasteiger partial charge in [0.2, 0.25) is 5.91 Å². The van der Waals surface area contributed by atoms with E-state index in [0.29, 0.717) is 25.8 Å². The zero-order valence-corrected chi connectivity index (χ0v) is 13.6. The van der Waals surface area contributed by atoms with Crippen molar-refractivity contribution in [2.24, 2.45) is 0 Å². The van der Waals surface area contributed by atoms with Crippen LogP contribution in [0.4, 0.5) is 0 Å². The van der Waals surface area contributed by atoms with Gasteiger partial charge in [-0.05, 0) is 37.8 Å². The number of fused-ring (bicyclic) bond motifs is 1. The van der Waals surface area contributed by atoms with Gasteiger partial charge in [-0.25, -0.2) is 0 Å². The van der Waals surface area contributed by atoms with Crippen LogP contribution in [0, 0.1) is 0 Å². The molecule has 23 heavy (non-hydrogen) atoms. The predicted molar refractivity (Wildman–Crippen MR) is 86.7 cm³/mol. The molecule has 0 saturated carbocycles.